The van der Waals surface area contributed by atoms with Crippen molar-refractivity contribution in [1.29, 1.82) is 0 Å². The van der Waals surface area contributed by atoms with E-state index in [1.807, 2.05) is 6.20 Å². The topological polar surface area (TPSA) is 28.2 Å². The van der Waals surface area contributed by atoms with Gasteiger partial charge in [0.15, 0.2) is 0 Å². The van der Waals surface area contributed by atoms with Crippen molar-refractivity contribution in [1.82, 2.24) is 10.3 Å². The molecule has 0 radical (unpaired) electrons. The molecule has 3 nitrogen and oxygen atoms in total. The van der Waals surface area contributed by atoms with Crippen LogP contribution in [0.15, 0.2) is 12.3 Å². The van der Waals surface area contributed by atoms with E-state index in [0.717, 1.165) is 18.3 Å². The smallest absolute Gasteiger partial charge is 0.131 e. The summed E-state index contributed by atoms with van der Waals surface area (Å²) >= 11 is 0. The Morgan fingerprint density at radius 1 is 1.40 bits per heavy atom. The molecule has 1 aromatic rings. The summed E-state index contributed by atoms with van der Waals surface area (Å²) in [5, 5.41) is 3.51. The molecule has 112 valence electrons. The van der Waals surface area contributed by atoms with Crippen LogP contribution in [0.3, 0.4) is 0 Å². The summed E-state index contributed by atoms with van der Waals surface area (Å²) < 4.78 is 0. The zero-order valence-electron chi connectivity index (χ0n) is 13.8. The number of hydrogen-bond acceptors (Lipinski definition) is 3. The average Bonchev–Trinajstić information content (AvgIpc) is 3.18. The molecule has 1 saturated carbocycles. The van der Waals surface area contributed by atoms with E-state index in [2.05, 4.69) is 57.9 Å². The van der Waals surface area contributed by atoms with Gasteiger partial charge >= 0.3 is 0 Å². The standard InChI is InChI=1S/C17H29N3/c1-12-9-14(11-19-17(3,4)5)10-18-16(12)20(6)13(2)15-7-8-15/h9-10,13,15,19H,7-8,11H2,1-6H3. The number of hydrogen-bond donors (Lipinski definition) is 1. The first kappa shape index (κ1) is 15.3. The van der Waals surface area contributed by atoms with Crippen LogP contribution in [0.5, 0.6) is 0 Å². The van der Waals surface area contributed by atoms with Gasteiger partial charge in [-0.3, -0.25) is 0 Å². The van der Waals surface area contributed by atoms with Crippen molar-refractivity contribution >= 4 is 5.82 Å². The largest absolute Gasteiger partial charge is 0.356 e. The first-order chi connectivity index (χ1) is 9.28. The van der Waals surface area contributed by atoms with Crippen LogP contribution in [0, 0.1) is 12.8 Å². The van der Waals surface area contributed by atoms with Gasteiger partial charge in [-0.15, -0.1) is 0 Å². The number of pyridine rings is 1. The maximum absolute atomic E-state index is 4.70. The molecule has 0 spiro atoms. The Hall–Kier alpha value is -1.09. The lowest BCUT2D eigenvalue weighted by atomic mass is 10.1. The SMILES string of the molecule is Cc1cc(CNC(C)(C)C)cnc1N(C)C(C)C1CC1. The molecule has 0 saturated heterocycles. The van der Waals surface area contributed by atoms with Gasteiger partial charge in [-0.25, -0.2) is 4.98 Å². The van der Waals surface area contributed by atoms with Crippen LogP contribution in [0.1, 0.15) is 51.7 Å². The Morgan fingerprint density at radius 2 is 2.05 bits per heavy atom. The van der Waals surface area contributed by atoms with Gasteiger partial charge in [0.1, 0.15) is 5.82 Å². The molecule has 1 aliphatic carbocycles. The van der Waals surface area contributed by atoms with Gasteiger partial charge in [-0.1, -0.05) is 0 Å². The maximum atomic E-state index is 4.70. The minimum atomic E-state index is 0.143. The highest BCUT2D eigenvalue weighted by Crippen LogP contribution is 2.36. The summed E-state index contributed by atoms with van der Waals surface area (Å²) in [6.07, 6.45) is 4.76. The number of aromatic nitrogens is 1. The van der Waals surface area contributed by atoms with Gasteiger partial charge in [-0.2, -0.15) is 0 Å². The normalized spacial score (nSPS) is 17.1. The van der Waals surface area contributed by atoms with Crippen LogP contribution in [0.4, 0.5) is 5.82 Å². The Bertz CT molecular complexity index is 458. The van der Waals surface area contributed by atoms with Gasteiger partial charge in [0.2, 0.25) is 0 Å². The van der Waals surface area contributed by atoms with Crippen LogP contribution >= 0.6 is 0 Å². The summed E-state index contributed by atoms with van der Waals surface area (Å²) in [4.78, 5) is 7.04. The minimum absolute atomic E-state index is 0.143. The molecular weight excluding hydrogens is 246 g/mol. The van der Waals surface area contributed by atoms with Gasteiger partial charge < -0.3 is 10.2 Å². The molecule has 0 bridgehead atoms. The quantitative estimate of drug-likeness (QED) is 0.891. The van der Waals surface area contributed by atoms with E-state index in [0.29, 0.717) is 6.04 Å². The molecule has 1 unspecified atom stereocenters. The molecule has 1 aliphatic rings. The monoisotopic (exact) mass is 275 g/mol. The van der Waals surface area contributed by atoms with Crippen molar-refractivity contribution in [2.75, 3.05) is 11.9 Å². The number of anilines is 1. The first-order valence-electron chi connectivity index (χ1n) is 7.71. The lowest BCUT2D eigenvalue weighted by Gasteiger charge is -2.28. The maximum Gasteiger partial charge on any atom is 0.131 e. The molecular formula is C17H29N3. The summed E-state index contributed by atoms with van der Waals surface area (Å²) in [6, 6.07) is 2.86. The molecule has 2 rings (SSSR count). The van der Waals surface area contributed by atoms with Gasteiger partial charge in [0.25, 0.3) is 0 Å². The van der Waals surface area contributed by atoms with Crippen molar-refractivity contribution in [2.24, 2.45) is 5.92 Å². The summed E-state index contributed by atoms with van der Waals surface area (Å²) in [7, 11) is 2.17. The van der Waals surface area contributed by atoms with Crippen LogP contribution in [-0.4, -0.2) is 23.6 Å². The van der Waals surface area contributed by atoms with Crippen molar-refractivity contribution in [2.45, 2.75) is 65.6 Å². The van der Waals surface area contributed by atoms with Gasteiger partial charge in [0.05, 0.1) is 0 Å². The molecule has 20 heavy (non-hydrogen) atoms. The van der Waals surface area contributed by atoms with Crippen LogP contribution in [0.2, 0.25) is 0 Å². The molecule has 1 N–H and O–H groups in total. The van der Waals surface area contributed by atoms with Crippen molar-refractivity contribution < 1.29 is 0 Å². The highest BCUT2D eigenvalue weighted by Gasteiger charge is 2.31. The van der Waals surface area contributed by atoms with Crippen molar-refractivity contribution in [3.63, 3.8) is 0 Å². The van der Waals surface area contributed by atoms with Gasteiger partial charge in [0, 0.05) is 31.4 Å². The molecule has 0 aromatic carbocycles. The van der Waals surface area contributed by atoms with Crippen LogP contribution in [-0.2, 0) is 6.54 Å². The Labute approximate surface area is 123 Å². The summed E-state index contributed by atoms with van der Waals surface area (Å²) in [5.41, 5.74) is 2.67. The Kier molecular flexibility index (Phi) is 4.38. The number of rotatable bonds is 5. The zero-order chi connectivity index (χ0) is 14.9. The molecule has 1 atom stereocenters. The van der Waals surface area contributed by atoms with E-state index in [1.165, 1.54) is 24.0 Å². The lowest BCUT2D eigenvalue weighted by Crippen LogP contribution is -2.35. The number of nitrogens with one attached hydrogen (secondary N) is 1. The third kappa shape index (κ3) is 3.95. The molecule has 0 amide bonds. The predicted octanol–water partition coefficient (Wildman–Crippen LogP) is 3.51. The van der Waals surface area contributed by atoms with Gasteiger partial charge in [-0.05, 0) is 70.6 Å². The number of aryl methyl sites for hydroxylation is 1. The number of nitrogens with zero attached hydrogens (tertiary/aromatic N) is 2. The highest BCUT2D eigenvalue weighted by atomic mass is 15.2. The van der Waals surface area contributed by atoms with Crippen LogP contribution in [0.25, 0.3) is 0 Å². The molecule has 0 aliphatic heterocycles. The predicted molar refractivity (Wildman–Crippen MR) is 86.2 cm³/mol. The second kappa shape index (κ2) is 5.72. The van der Waals surface area contributed by atoms with Crippen LogP contribution < -0.4 is 10.2 Å². The van der Waals surface area contributed by atoms with E-state index >= 15 is 0 Å². The minimum Gasteiger partial charge on any atom is -0.356 e. The first-order valence-corrected chi connectivity index (χ1v) is 7.71. The third-order valence-corrected chi connectivity index (χ3v) is 4.18. The highest BCUT2D eigenvalue weighted by molar-refractivity contribution is 5.47. The fourth-order valence-electron chi connectivity index (χ4n) is 2.55. The lowest BCUT2D eigenvalue weighted by molar-refractivity contribution is 0.424. The Morgan fingerprint density at radius 3 is 2.55 bits per heavy atom. The van der Waals surface area contributed by atoms with E-state index < -0.39 is 0 Å². The fourth-order valence-corrected chi connectivity index (χ4v) is 2.55. The third-order valence-electron chi connectivity index (χ3n) is 4.18. The second-order valence-corrected chi connectivity index (χ2v) is 7.28. The van der Waals surface area contributed by atoms with Crippen molar-refractivity contribution in [3.8, 4) is 0 Å². The fraction of sp³-hybridized carbons (Fsp3) is 0.706. The molecule has 3 heteroatoms. The summed E-state index contributed by atoms with van der Waals surface area (Å²) in [6.45, 7) is 11.9. The average molecular weight is 275 g/mol. The van der Waals surface area contributed by atoms with E-state index in [1.54, 1.807) is 0 Å². The van der Waals surface area contributed by atoms with Crippen molar-refractivity contribution in [3.05, 3.63) is 23.4 Å². The van der Waals surface area contributed by atoms with E-state index in [-0.39, 0.29) is 5.54 Å². The molecule has 1 aromatic heterocycles. The van der Waals surface area contributed by atoms with E-state index in [9.17, 15) is 0 Å². The second-order valence-electron chi connectivity index (χ2n) is 7.28. The summed E-state index contributed by atoms with van der Waals surface area (Å²) in [5.74, 6) is 1.99. The zero-order valence-corrected chi connectivity index (χ0v) is 13.8. The Balaban J connectivity index is 2.05. The molecule has 1 fully saturated rings. The van der Waals surface area contributed by atoms with E-state index in [4.69, 9.17) is 4.98 Å². The molecule has 1 heterocycles.